The second-order valence-electron chi connectivity index (χ2n) is 5.77. The fourth-order valence-corrected chi connectivity index (χ4v) is 2.43. The summed E-state index contributed by atoms with van der Waals surface area (Å²) in [6.45, 7) is 2.74. The summed E-state index contributed by atoms with van der Waals surface area (Å²) in [4.78, 5) is 20.6. The fourth-order valence-electron chi connectivity index (χ4n) is 2.43. The van der Waals surface area contributed by atoms with Crippen molar-refractivity contribution in [3.8, 4) is 0 Å². The van der Waals surface area contributed by atoms with Crippen molar-refractivity contribution in [1.82, 2.24) is 9.97 Å². The number of hydrogen-bond acceptors (Lipinski definition) is 4. The lowest BCUT2D eigenvalue weighted by Crippen LogP contribution is -2.15. The van der Waals surface area contributed by atoms with Crippen LogP contribution in [0, 0.1) is 6.92 Å². The average Bonchev–Trinajstić information content (AvgIpc) is 2.63. The van der Waals surface area contributed by atoms with E-state index < -0.39 is 0 Å². The summed E-state index contributed by atoms with van der Waals surface area (Å²) in [7, 11) is 0. The molecule has 0 radical (unpaired) electrons. The van der Waals surface area contributed by atoms with Gasteiger partial charge in [0.15, 0.2) is 0 Å². The molecule has 0 bridgehead atoms. The van der Waals surface area contributed by atoms with Gasteiger partial charge in [0.2, 0.25) is 0 Å². The predicted molar refractivity (Wildman–Crippen MR) is 99.8 cm³/mol. The van der Waals surface area contributed by atoms with Gasteiger partial charge in [0.05, 0.1) is 12.4 Å². The SMILES string of the molecule is Cc1cccc(NC(=O)c2cnc(NCCc3ccccc3)cn2)c1. The third-order valence-corrected chi connectivity index (χ3v) is 3.72. The highest BCUT2D eigenvalue weighted by Crippen LogP contribution is 2.11. The predicted octanol–water partition coefficient (Wildman–Crippen LogP) is 3.69. The number of rotatable bonds is 6. The lowest BCUT2D eigenvalue weighted by atomic mass is 10.1. The molecule has 5 heteroatoms. The van der Waals surface area contributed by atoms with Crippen LogP contribution in [0.1, 0.15) is 21.6 Å². The number of nitrogens with zero attached hydrogens (tertiary/aromatic N) is 2. The van der Waals surface area contributed by atoms with Crippen molar-refractivity contribution in [3.05, 3.63) is 83.8 Å². The molecule has 3 rings (SSSR count). The number of hydrogen-bond donors (Lipinski definition) is 2. The lowest BCUT2D eigenvalue weighted by molar-refractivity contribution is 0.102. The smallest absolute Gasteiger partial charge is 0.275 e. The zero-order chi connectivity index (χ0) is 17.5. The van der Waals surface area contributed by atoms with Crippen LogP contribution in [-0.2, 0) is 6.42 Å². The highest BCUT2D eigenvalue weighted by molar-refractivity contribution is 6.02. The molecule has 3 aromatic rings. The van der Waals surface area contributed by atoms with E-state index in [1.54, 1.807) is 6.20 Å². The van der Waals surface area contributed by atoms with E-state index in [1.165, 1.54) is 11.8 Å². The standard InChI is InChI=1S/C20H20N4O/c1-15-6-5-9-17(12-15)24-20(25)18-13-23-19(14-22-18)21-11-10-16-7-3-2-4-8-16/h2-9,12-14H,10-11H2,1H3,(H,21,23)(H,24,25). The van der Waals surface area contributed by atoms with Crippen molar-refractivity contribution < 1.29 is 4.79 Å². The first kappa shape index (κ1) is 16.6. The number of carbonyl (C=O) groups excluding carboxylic acids is 1. The van der Waals surface area contributed by atoms with E-state index in [-0.39, 0.29) is 11.6 Å². The van der Waals surface area contributed by atoms with E-state index in [1.807, 2.05) is 49.4 Å². The first-order valence-corrected chi connectivity index (χ1v) is 8.18. The van der Waals surface area contributed by atoms with Crippen LogP contribution in [-0.4, -0.2) is 22.4 Å². The minimum Gasteiger partial charge on any atom is -0.368 e. The fraction of sp³-hybridized carbons (Fsp3) is 0.150. The van der Waals surface area contributed by atoms with Gasteiger partial charge in [0, 0.05) is 12.2 Å². The zero-order valence-electron chi connectivity index (χ0n) is 14.1. The van der Waals surface area contributed by atoms with E-state index in [0.29, 0.717) is 5.82 Å². The molecule has 0 atom stereocenters. The molecule has 2 aromatic carbocycles. The maximum atomic E-state index is 12.2. The molecular weight excluding hydrogens is 312 g/mol. The summed E-state index contributed by atoms with van der Waals surface area (Å²) >= 11 is 0. The molecule has 0 saturated heterocycles. The molecule has 2 N–H and O–H groups in total. The number of anilines is 2. The first-order valence-electron chi connectivity index (χ1n) is 8.18. The Hall–Kier alpha value is -3.21. The topological polar surface area (TPSA) is 66.9 Å². The Kier molecular flexibility index (Phi) is 5.36. The van der Waals surface area contributed by atoms with Gasteiger partial charge in [-0.15, -0.1) is 0 Å². The Morgan fingerprint density at radius 3 is 2.56 bits per heavy atom. The van der Waals surface area contributed by atoms with E-state index in [0.717, 1.165) is 24.2 Å². The molecule has 1 heterocycles. The normalized spacial score (nSPS) is 10.3. The molecular formula is C20H20N4O. The maximum absolute atomic E-state index is 12.2. The van der Waals surface area contributed by atoms with Gasteiger partial charge >= 0.3 is 0 Å². The Bertz CT molecular complexity index is 832. The van der Waals surface area contributed by atoms with Crippen LogP contribution in [0.5, 0.6) is 0 Å². The maximum Gasteiger partial charge on any atom is 0.275 e. The highest BCUT2D eigenvalue weighted by atomic mass is 16.1. The summed E-state index contributed by atoms with van der Waals surface area (Å²) in [6.07, 6.45) is 3.96. The van der Waals surface area contributed by atoms with Gasteiger partial charge in [-0.2, -0.15) is 0 Å². The van der Waals surface area contributed by atoms with Gasteiger partial charge in [0.25, 0.3) is 5.91 Å². The first-order chi connectivity index (χ1) is 12.2. The number of amides is 1. The number of aryl methyl sites for hydroxylation is 1. The van der Waals surface area contributed by atoms with E-state index in [9.17, 15) is 4.79 Å². The largest absolute Gasteiger partial charge is 0.368 e. The Labute approximate surface area is 147 Å². The van der Waals surface area contributed by atoms with Crippen molar-refractivity contribution in [2.24, 2.45) is 0 Å². The average molecular weight is 332 g/mol. The van der Waals surface area contributed by atoms with Gasteiger partial charge in [-0.3, -0.25) is 4.79 Å². The molecule has 0 aliphatic heterocycles. The van der Waals surface area contributed by atoms with E-state index in [2.05, 4.69) is 32.7 Å². The van der Waals surface area contributed by atoms with Crippen molar-refractivity contribution in [2.45, 2.75) is 13.3 Å². The molecule has 0 spiro atoms. The molecule has 0 saturated carbocycles. The summed E-state index contributed by atoms with van der Waals surface area (Å²) < 4.78 is 0. The monoisotopic (exact) mass is 332 g/mol. The van der Waals surface area contributed by atoms with Gasteiger partial charge in [-0.25, -0.2) is 9.97 Å². The summed E-state index contributed by atoms with van der Waals surface area (Å²) in [6, 6.07) is 17.9. The molecule has 0 fully saturated rings. The van der Waals surface area contributed by atoms with Gasteiger partial charge in [-0.05, 0) is 36.6 Å². The van der Waals surface area contributed by atoms with Crippen LogP contribution < -0.4 is 10.6 Å². The zero-order valence-corrected chi connectivity index (χ0v) is 14.1. The molecule has 25 heavy (non-hydrogen) atoms. The number of carbonyl (C=O) groups is 1. The van der Waals surface area contributed by atoms with Crippen molar-refractivity contribution in [2.75, 3.05) is 17.2 Å². The quantitative estimate of drug-likeness (QED) is 0.722. The molecule has 0 unspecified atom stereocenters. The molecule has 0 aliphatic rings. The Morgan fingerprint density at radius 2 is 1.84 bits per heavy atom. The molecule has 0 aliphatic carbocycles. The minimum absolute atomic E-state index is 0.270. The van der Waals surface area contributed by atoms with Crippen molar-refractivity contribution >= 4 is 17.4 Å². The highest BCUT2D eigenvalue weighted by Gasteiger charge is 2.08. The van der Waals surface area contributed by atoms with Crippen LogP contribution in [0.25, 0.3) is 0 Å². The lowest BCUT2D eigenvalue weighted by Gasteiger charge is -2.07. The van der Waals surface area contributed by atoms with Gasteiger partial charge < -0.3 is 10.6 Å². The second kappa shape index (κ2) is 8.06. The van der Waals surface area contributed by atoms with E-state index in [4.69, 9.17) is 0 Å². The van der Waals surface area contributed by atoms with Crippen molar-refractivity contribution in [3.63, 3.8) is 0 Å². The van der Waals surface area contributed by atoms with Crippen LogP contribution in [0.3, 0.4) is 0 Å². The molecule has 1 aromatic heterocycles. The van der Waals surface area contributed by atoms with Crippen LogP contribution in [0.2, 0.25) is 0 Å². The Balaban J connectivity index is 1.53. The second-order valence-corrected chi connectivity index (χ2v) is 5.77. The number of nitrogens with one attached hydrogen (secondary N) is 2. The summed E-state index contributed by atoms with van der Waals surface area (Å²) in [5.74, 6) is 0.386. The summed E-state index contributed by atoms with van der Waals surface area (Å²) in [5, 5.41) is 6.03. The van der Waals surface area contributed by atoms with E-state index >= 15 is 0 Å². The summed E-state index contributed by atoms with van der Waals surface area (Å²) in [5.41, 5.74) is 3.38. The Morgan fingerprint density at radius 1 is 1.00 bits per heavy atom. The van der Waals surface area contributed by atoms with Crippen LogP contribution in [0.15, 0.2) is 67.0 Å². The van der Waals surface area contributed by atoms with Gasteiger partial charge in [0.1, 0.15) is 11.5 Å². The molecule has 1 amide bonds. The minimum atomic E-state index is -0.270. The molecule has 5 nitrogen and oxygen atoms in total. The number of aromatic nitrogens is 2. The van der Waals surface area contributed by atoms with Crippen LogP contribution in [0.4, 0.5) is 11.5 Å². The van der Waals surface area contributed by atoms with Crippen molar-refractivity contribution in [1.29, 1.82) is 0 Å². The number of benzene rings is 2. The third kappa shape index (κ3) is 4.88. The third-order valence-electron chi connectivity index (χ3n) is 3.72. The van der Waals surface area contributed by atoms with Crippen LogP contribution >= 0.6 is 0 Å². The molecule has 126 valence electrons. The van der Waals surface area contributed by atoms with Gasteiger partial charge in [-0.1, -0.05) is 42.5 Å².